The molecule has 1 aromatic rings. The SMILES string of the molecule is CCCOC(=O)NCCCN(C)C.N#Cc1sc2c(=O)c3ccccc3c(=O)c=2sc1C#N. The third kappa shape index (κ3) is 6.83. The molecule has 1 heterocycles. The summed E-state index contributed by atoms with van der Waals surface area (Å²) in [6.45, 7) is 4.13. The number of fused-ring (bicyclic) bond motifs is 1. The van der Waals surface area contributed by atoms with Crippen molar-refractivity contribution in [1.82, 2.24) is 10.2 Å². The molecule has 0 bridgehead atoms. The highest BCUT2D eigenvalue weighted by atomic mass is 32.1. The fourth-order valence-corrected chi connectivity index (χ4v) is 4.84. The highest BCUT2D eigenvalue weighted by Gasteiger charge is 2.12. The molecule has 0 spiro atoms. The highest BCUT2D eigenvalue weighted by Crippen LogP contribution is 2.20. The fourth-order valence-electron chi connectivity index (χ4n) is 2.79. The van der Waals surface area contributed by atoms with Gasteiger partial charge in [0, 0.05) is 17.3 Å². The second-order valence-corrected chi connectivity index (χ2v) is 9.21. The molecule has 33 heavy (non-hydrogen) atoms. The van der Waals surface area contributed by atoms with E-state index in [-0.39, 0.29) is 35.8 Å². The second-order valence-electron chi connectivity index (χ2n) is 7.17. The van der Waals surface area contributed by atoms with Gasteiger partial charge >= 0.3 is 6.09 Å². The number of hydrogen-bond acceptors (Lipinski definition) is 9. The maximum absolute atomic E-state index is 12.4. The van der Waals surface area contributed by atoms with Gasteiger partial charge in [-0.2, -0.15) is 10.5 Å². The molecule has 0 saturated carbocycles. The Morgan fingerprint density at radius 2 is 1.55 bits per heavy atom. The van der Waals surface area contributed by atoms with Crippen molar-refractivity contribution >= 4 is 39.5 Å². The molecule has 172 valence electrons. The molecule has 0 unspecified atom stereocenters. The molecule has 1 aliphatic carbocycles. The van der Waals surface area contributed by atoms with E-state index in [0.717, 1.165) is 42.1 Å². The van der Waals surface area contributed by atoms with Crippen molar-refractivity contribution in [2.45, 2.75) is 19.8 Å². The van der Waals surface area contributed by atoms with Gasteiger partial charge in [0.05, 0.1) is 15.7 Å². The van der Waals surface area contributed by atoms with Gasteiger partial charge in [0.1, 0.15) is 21.9 Å². The predicted molar refractivity (Wildman–Crippen MR) is 130 cm³/mol. The van der Waals surface area contributed by atoms with Crippen molar-refractivity contribution in [2.24, 2.45) is 0 Å². The van der Waals surface area contributed by atoms with Crippen LogP contribution in [0.1, 0.15) is 29.5 Å². The van der Waals surface area contributed by atoms with Gasteiger partial charge in [-0.1, -0.05) is 31.2 Å². The van der Waals surface area contributed by atoms with Gasteiger partial charge in [0.25, 0.3) is 0 Å². The lowest BCUT2D eigenvalue weighted by Crippen LogP contribution is -2.27. The molecule has 0 radical (unpaired) electrons. The Morgan fingerprint density at radius 3 is 1.97 bits per heavy atom. The normalized spacial score (nSPS) is 10.2. The van der Waals surface area contributed by atoms with Crippen LogP contribution in [0, 0.1) is 31.7 Å². The third-order valence-electron chi connectivity index (χ3n) is 4.34. The van der Waals surface area contributed by atoms with Gasteiger partial charge in [-0.25, -0.2) is 4.79 Å². The summed E-state index contributed by atoms with van der Waals surface area (Å²) in [4.78, 5) is 38.1. The molecule has 0 fully saturated rings. The Balaban J connectivity index is 0.000000260. The van der Waals surface area contributed by atoms with E-state index in [1.54, 1.807) is 24.3 Å². The number of carbonyl (C=O) groups is 1. The van der Waals surface area contributed by atoms with Crippen LogP contribution in [0.2, 0.25) is 0 Å². The first-order valence-corrected chi connectivity index (χ1v) is 11.9. The Kier molecular flexibility index (Phi) is 9.95. The van der Waals surface area contributed by atoms with Crippen LogP contribution in [-0.4, -0.2) is 44.8 Å². The Hall–Kier alpha value is -3.31. The number of alkyl carbamates (subject to hydrolysis) is 1. The molecule has 1 aliphatic heterocycles. The van der Waals surface area contributed by atoms with Crippen molar-refractivity contribution in [1.29, 1.82) is 10.5 Å². The highest BCUT2D eigenvalue weighted by molar-refractivity contribution is 7.18. The number of hydrogen-bond donors (Lipinski definition) is 1. The summed E-state index contributed by atoms with van der Waals surface area (Å²) < 4.78 is 5.32. The van der Waals surface area contributed by atoms with Crippen molar-refractivity contribution in [3.05, 3.63) is 63.5 Å². The number of rotatable bonds is 6. The zero-order chi connectivity index (χ0) is 24.4. The van der Waals surface area contributed by atoms with Gasteiger partial charge in [-0.3, -0.25) is 9.59 Å². The molecular formula is C23H24N4O4S2. The quantitative estimate of drug-likeness (QED) is 0.533. The van der Waals surface area contributed by atoms with Gasteiger partial charge in [-0.15, -0.1) is 22.7 Å². The van der Waals surface area contributed by atoms with Crippen LogP contribution in [0.5, 0.6) is 0 Å². The number of nitrogens with zero attached hydrogens (tertiary/aromatic N) is 3. The summed E-state index contributed by atoms with van der Waals surface area (Å²) in [5.74, 6) is 0. The number of benzene rings is 1. The number of ether oxygens (including phenoxy) is 1. The maximum atomic E-state index is 12.4. The van der Waals surface area contributed by atoms with Gasteiger partial charge in [0.15, 0.2) is 0 Å². The lowest BCUT2D eigenvalue weighted by molar-refractivity contribution is 0.146. The van der Waals surface area contributed by atoms with Gasteiger partial charge in [-0.05, 0) is 33.5 Å². The molecule has 1 aromatic carbocycles. The van der Waals surface area contributed by atoms with E-state index in [4.69, 9.17) is 15.3 Å². The monoisotopic (exact) mass is 484 g/mol. The summed E-state index contributed by atoms with van der Waals surface area (Å²) >= 11 is 1.82. The Morgan fingerprint density at radius 1 is 1.03 bits per heavy atom. The summed E-state index contributed by atoms with van der Waals surface area (Å²) in [6.07, 6.45) is 1.51. The third-order valence-corrected chi connectivity index (χ3v) is 6.79. The fraction of sp³-hybridized carbons (Fsp3) is 0.348. The lowest BCUT2D eigenvalue weighted by Gasteiger charge is -2.09. The number of amides is 1. The molecule has 10 heteroatoms. The molecule has 3 rings (SSSR count). The maximum Gasteiger partial charge on any atom is 0.407 e. The van der Waals surface area contributed by atoms with Crippen molar-refractivity contribution < 1.29 is 9.53 Å². The smallest absolute Gasteiger partial charge is 0.407 e. The van der Waals surface area contributed by atoms with Crippen LogP contribution >= 0.6 is 22.7 Å². The van der Waals surface area contributed by atoms with E-state index in [1.807, 2.05) is 33.2 Å². The van der Waals surface area contributed by atoms with Crippen LogP contribution in [0.3, 0.4) is 0 Å². The zero-order valence-corrected chi connectivity index (χ0v) is 20.3. The molecular weight excluding hydrogens is 460 g/mol. The zero-order valence-electron chi connectivity index (χ0n) is 18.6. The number of nitriles is 2. The molecule has 0 atom stereocenters. The van der Waals surface area contributed by atoms with E-state index in [1.165, 1.54) is 0 Å². The minimum absolute atomic E-state index is 0.164. The topological polar surface area (TPSA) is 123 Å². The molecule has 0 aromatic heterocycles. The second kappa shape index (κ2) is 12.7. The van der Waals surface area contributed by atoms with E-state index in [9.17, 15) is 14.4 Å². The molecule has 1 amide bonds. The number of carbonyl (C=O) groups excluding carboxylic acids is 1. The van der Waals surface area contributed by atoms with Crippen LogP contribution in [0.25, 0.3) is 10.8 Å². The average Bonchev–Trinajstić information content (AvgIpc) is 2.83. The first-order chi connectivity index (χ1) is 15.8. The summed E-state index contributed by atoms with van der Waals surface area (Å²) in [6, 6.07) is 10.4. The molecule has 1 N–H and O–H groups in total. The largest absolute Gasteiger partial charge is 0.450 e. The Bertz CT molecular complexity index is 1290. The summed E-state index contributed by atoms with van der Waals surface area (Å²) in [7, 11) is 4.02. The Labute approximate surface area is 198 Å². The standard InChI is InChI=1S/C14H4N2O2S2.C9H20N2O2/c15-5-9-10(6-16)20-14-12(18)8-4-2-1-3-7(8)11(17)13(14)19-9;1-4-8-13-9(12)10-6-5-7-11(2)3/h1-4H;4-8H2,1-3H3,(H,10,12). The van der Waals surface area contributed by atoms with E-state index < -0.39 is 0 Å². The summed E-state index contributed by atoms with van der Waals surface area (Å²) in [5, 5.41) is 21.4. The van der Waals surface area contributed by atoms with E-state index >= 15 is 0 Å². The first-order valence-electron chi connectivity index (χ1n) is 10.2. The first kappa shape index (κ1) is 25.9. The minimum atomic E-state index is -0.305. The van der Waals surface area contributed by atoms with Crippen LogP contribution in [0.4, 0.5) is 4.79 Å². The number of nitrogens with one attached hydrogen (secondary N) is 1. The van der Waals surface area contributed by atoms with Crippen molar-refractivity contribution in [3.8, 4) is 12.1 Å². The van der Waals surface area contributed by atoms with Crippen molar-refractivity contribution in [2.75, 3.05) is 33.8 Å². The minimum Gasteiger partial charge on any atom is -0.450 e. The van der Waals surface area contributed by atoms with Gasteiger partial charge < -0.3 is 15.0 Å². The van der Waals surface area contributed by atoms with Crippen LogP contribution < -0.4 is 16.2 Å². The molecule has 8 nitrogen and oxygen atoms in total. The molecule has 2 aliphatic rings. The summed E-state index contributed by atoms with van der Waals surface area (Å²) in [5.41, 5.74) is -0.533. The van der Waals surface area contributed by atoms with E-state index in [0.29, 0.717) is 23.9 Å². The van der Waals surface area contributed by atoms with E-state index in [2.05, 4.69) is 10.2 Å². The van der Waals surface area contributed by atoms with Crippen molar-refractivity contribution in [3.63, 3.8) is 0 Å². The van der Waals surface area contributed by atoms with Crippen LogP contribution in [-0.2, 0) is 4.74 Å². The average molecular weight is 485 g/mol. The van der Waals surface area contributed by atoms with Gasteiger partial charge in [0.2, 0.25) is 10.9 Å². The predicted octanol–water partition coefficient (Wildman–Crippen LogP) is 3.23. The van der Waals surface area contributed by atoms with Crippen LogP contribution in [0.15, 0.2) is 33.9 Å². The molecule has 0 saturated heterocycles. The lowest BCUT2D eigenvalue weighted by atomic mass is 10.1.